The molecule has 0 bridgehead atoms. The van der Waals surface area contributed by atoms with Crippen LogP contribution in [0.3, 0.4) is 0 Å². The first kappa shape index (κ1) is 20.7. The number of pyridine rings is 1. The Morgan fingerprint density at radius 1 is 1.10 bits per heavy atom. The molecule has 4 rings (SSSR count). The van der Waals surface area contributed by atoms with Crippen molar-refractivity contribution in [2.24, 2.45) is 0 Å². The molecule has 1 aromatic heterocycles. The topological polar surface area (TPSA) is 48.8 Å². The van der Waals surface area contributed by atoms with Crippen LogP contribution in [-0.4, -0.2) is 59.3 Å². The van der Waals surface area contributed by atoms with Crippen LogP contribution in [0, 0.1) is 5.82 Å². The largest absolute Gasteiger partial charge is 0.497 e. The number of aromatic nitrogens is 1. The number of hydrogen-bond acceptors (Lipinski definition) is 5. The summed E-state index contributed by atoms with van der Waals surface area (Å²) < 4.78 is 19.5. The third-order valence-electron chi connectivity index (χ3n) is 5.91. The predicted octanol–water partition coefficient (Wildman–Crippen LogP) is 3.45. The summed E-state index contributed by atoms with van der Waals surface area (Å²) in [5.74, 6) is 0.278. The Morgan fingerprint density at radius 3 is 2.80 bits per heavy atom. The van der Waals surface area contributed by atoms with E-state index in [9.17, 15) is 9.50 Å². The zero-order valence-electron chi connectivity index (χ0n) is 17.3. The molecule has 6 heteroatoms. The van der Waals surface area contributed by atoms with Crippen LogP contribution >= 0.6 is 0 Å². The van der Waals surface area contributed by atoms with E-state index in [2.05, 4.69) is 33.0 Å². The lowest BCUT2D eigenvalue weighted by atomic mass is 10.0. The van der Waals surface area contributed by atoms with E-state index in [0.717, 1.165) is 31.7 Å². The number of piperazine rings is 1. The van der Waals surface area contributed by atoms with E-state index in [-0.39, 0.29) is 18.5 Å². The molecule has 1 fully saturated rings. The van der Waals surface area contributed by atoms with Gasteiger partial charge in [-0.05, 0) is 30.2 Å². The summed E-state index contributed by atoms with van der Waals surface area (Å²) in [6.45, 7) is 4.07. The van der Waals surface area contributed by atoms with Crippen molar-refractivity contribution in [2.75, 3.05) is 33.4 Å². The van der Waals surface area contributed by atoms with E-state index < -0.39 is 0 Å². The number of methoxy groups -OCH3 is 1. The highest BCUT2D eigenvalue weighted by atomic mass is 19.1. The Morgan fingerprint density at radius 2 is 2.00 bits per heavy atom. The lowest BCUT2D eigenvalue weighted by molar-refractivity contribution is 0.0495. The monoisotopic (exact) mass is 409 g/mol. The van der Waals surface area contributed by atoms with Gasteiger partial charge in [0.2, 0.25) is 0 Å². The lowest BCUT2D eigenvalue weighted by Crippen LogP contribution is -2.52. The molecule has 3 aromatic rings. The number of fused-ring (bicyclic) bond motifs is 1. The van der Waals surface area contributed by atoms with Crippen LogP contribution < -0.4 is 4.74 Å². The first-order chi connectivity index (χ1) is 14.7. The molecule has 1 aliphatic heterocycles. The molecule has 5 nitrogen and oxygen atoms in total. The fourth-order valence-electron chi connectivity index (χ4n) is 4.28. The fraction of sp³-hybridized carbons (Fsp3) is 0.375. The van der Waals surface area contributed by atoms with E-state index in [4.69, 9.17) is 4.74 Å². The zero-order valence-corrected chi connectivity index (χ0v) is 17.3. The number of aliphatic hydroxyl groups excluding tert-OH is 1. The molecule has 0 amide bonds. The summed E-state index contributed by atoms with van der Waals surface area (Å²) in [6.07, 6.45) is 2.49. The second-order valence-corrected chi connectivity index (χ2v) is 7.82. The average Bonchev–Trinajstić information content (AvgIpc) is 2.77. The molecule has 1 N–H and O–H groups in total. The first-order valence-electron chi connectivity index (χ1n) is 10.4. The highest BCUT2D eigenvalue weighted by Crippen LogP contribution is 2.24. The van der Waals surface area contributed by atoms with Gasteiger partial charge in [-0.3, -0.25) is 14.8 Å². The van der Waals surface area contributed by atoms with Gasteiger partial charge in [0, 0.05) is 68.6 Å². The summed E-state index contributed by atoms with van der Waals surface area (Å²) >= 11 is 0. The zero-order chi connectivity index (χ0) is 20.9. The van der Waals surface area contributed by atoms with Crippen molar-refractivity contribution in [3.05, 3.63) is 71.7 Å². The Balaban J connectivity index is 1.46. The smallest absolute Gasteiger partial charge is 0.131 e. The molecule has 30 heavy (non-hydrogen) atoms. The number of nitrogens with zero attached hydrogens (tertiary/aromatic N) is 3. The third-order valence-corrected chi connectivity index (χ3v) is 5.91. The van der Waals surface area contributed by atoms with Crippen LogP contribution in [0.1, 0.15) is 17.5 Å². The Hall–Kier alpha value is -2.54. The van der Waals surface area contributed by atoms with Crippen molar-refractivity contribution in [3.63, 3.8) is 0 Å². The van der Waals surface area contributed by atoms with E-state index >= 15 is 0 Å². The number of hydrogen-bond donors (Lipinski definition) is 1. The summed E-state index contributed by atoms with van der Waals surface area (Å²) in [5.41, 5.74) is 2.93. The van der Waals surface area contributed by atoms with Crippen LogP contribution in [0.25, 0.3) is 10.9 Å². The van der Waals surface area contributed by atoms with Crippen molar-refractivity contribution in [1.29, 1.82) is 0 Å². The molecule has 2 heterocycles. The van der Waals surface area contributed by atoms with Gasteiger partial charge in [-0.1, -0.05) is 24.3 Å². The molecule has 1 aliphatic rings. The van der Waals surface area contributed by atoms with Gasteiger partial charge in [-0.15, -0.1) is 0 Å². The van der Waals surface area contributed by atoms with Crippen LogP contribution in [0.5, 0.6) is 5.75 Å². The molecular formula is C24H28FN3O2. The summed E-state index contributed by atoms with van der Waals surface area (Å²) in [7, 11) is 1.54. The molecular weight excluding hydrogens is 381 g/mol. The molecule has 2 aromatic carbocycles. The number of ether oxygens (including phenoxy) is 1. The van der Waals surface area contributed by atoms with Gasteiger partial charge < -0.3 is 9.84 Å². The van der Waals surface area contributed by atoms with Crippen molar-refractivity contribution in [2.45, 2.75) is 25.6 Å². The minimum atomic E-state index is -0.247. The fourth-order valence-corrected chi connectivity index (χ4v) is 4.28. The van der Waals surface area contributed by atoms with Crippen LogP contribution in [0.15, 0.2) is 54.7 Å². The third kappa shape index (κ3) is 4.61. The average molecular weight is 410 g/mol. The molecule has 0 spiro atoms. The van der Waals surface area contributed by atoms with Crippen molar-refractivity contribution in [3.8, 4) is 5.75 Å². The SMILES string of the molecule is COc1ccc(CN2CCN(Cc3cccc4ncccc34)CC2CCO)c(F)c1. The van der Waals surface area contributed by atoms with Crippen molar-refractivity contribution in [1.82, 2.24) is 14.8 Å². The Kier molecular flexibility index (Phi) is 6.57. The minimum absolute atomic E-state index is 0.123. The van der Waals surface area contributed by atoms with Crippen LogP contribution in [-0.2, 0) is 13.1 Å². The van der Waals surface area contributed by atoms with Gasteiger partial charge in [0.25, 0.3) is 0 Å². The highest BCUT2D eigenvalue weighted by molar-refractivity contribution is 5.81. The first-order valence-corrected chi connectivity index (χ1v) is 10.4. The molecule has 0 aliphatic carbocycles. The van der Waals surface area contributed by atoms with Crippen LogP contribution in [0.2, 0.25) is 0 Å². The Bertz CT molecular complexity index is 992. The standard InChI is InChI=1S/C24H28FN3O2/c1-30-21-8-7-19(23(25)14-21)16-28-12-11-27(17-20(28)9-13-29)15-18-4-2-6-24-22(18)5-3-10-26-24/h2-8,10,14,20,29H,9,11-13,15-17H2,1H3. The van der Waals surface area contributed by atoms with Gasteiger partial charge in [0.05, 0.1) is 12.6 Å². The second-order valence-electron chi connectivity index (χ2n) is 7.82. The van der Waals surface area contributed by atoms with Crippen LogP contribution in [0.4, 0.5) is 4.39 Å². The number of rotatable bonds is 7. The number of benzene rings is 2. The second kappa shape index (κ2) is 9.51. The number of aliphatic hydroxyl groups is 1. The lowest BCUT2D eigenvalue weighted by Gasteiger charge is -2.41. The van der Waals surface area contributed by atoms with E-state index in [0.29, 0.717) is 24.3 Å². The minimum Gasteiger partial charge on any atom is -0.497 e. The summed E-state index contributed by atoms with van der Waals surface area (Å²) in [6, 6.07) is 15.5. The van der Waals surface area contributed by atoms with Gasteiger partial charge >= 0.3 is 0 Å². The molecule has 0 radical (unpaired) electrons. The van der Waals surface area contributed by atoms with E-state index in [1.54, 1.807) is 12.1 Å². The van der Waals surface area contributed by atoms with Gasteiger partial charge in [0.1, 0.15) is 11.6 Å². The normalized spacial score (nSPS) is 18.0. The van der Waals surface area contributed by atoms with Gasteiger partial charge in [0.15, 0.2) is 0 Å². The number of halogens is 1. The predicted molar refractivity (Wildman–Crippen MR) is 116 cm³/mol. The highest BCUT2D eigenvalue weighted by Gasteiger charge is 2.27. The van der Waals surface area contributed by atoms with Crippen molar-refractivity contribution >= 4 is 10.9 Å². The summed E-state index contributed by atoms with van der Waals surface area (Å²) in [4.78, 5) is 9.15. The molecule has 1 saturated heterocycles. The van der Waals surface area contributed by atoms with E-state index in [1.165, 1.54) is 24.1 Å². The molecule has 1 atom stereocenters. The van der Waals surface area contributed by atoms with Gasteiger partial charge in [-0.25, -0.2) is 4.39 Å². The van der Waals surface area contributed by atoms with Crippen molar-refractivity contribution < 1.29 is 14.2 Å². The maximum Gasteiger partial charge on any atom is 0.131 e. The molecule has 158 valence electrons. The molecule has 0 saturated carbocycles. The maximum absolute atomic E-state index is 14.4. The van der Waals surface area contributed by atoms with E-state index in [1.807, 2.05) is 18.3 Å². The molecule has 1 unspecified atom stereocenters. The maximum atomic E-state index is 14.4. The summed E-state index contributed by atoms with van der Waals surface area (Å²) in [5, 5.41) is 10.8. The quantitative estimate of drug-likeness (QED) is 0.648. The van der Waals surface area contributed by atoms with Gasteiger partial charge in [-0.2, -0.15) is 0 Å². The Labute approximate surface area is 176 Å².